The highest BCUT2D eigenvalue weighted by Gasteiger charge is 2.11. The van der Waals surface area contributed by atoms with Crippen LogP contribution in [0.15, 0.2) is 35.5 Å². The van der Waals surface area contributed by atoms with Crippen LogP contribution < -0.4 is 10.9 Å². The zero-order valence-electron chi connectivity index (χ0n) is 13.9. The molecule has 2 rings (SSSR count). The lowest BCUT2D eigenvalue weighted by atomic mass is 10.1. The van der Waals surface area contributed by atoms with Gasteiger partial charge in [-0.1, -0.05) is 30.0 Å². The Morgan fingerprint density at radius 3 is 2.25 bits per heavy atom. The molecule has 0 fully saturated rings. The predicted molar refractivity (Wildman–Crippen MR) is 93.7 cm³/mol. The smallest absolute Gasteiger partial charge is 0.269 e. The molecule has 0 unspecified atom stereocenters. The first kappa shape index (κ1) is 17.9. The number of rotatable bonds is 5. The normalized spacial score (nSPS) is 10.3. The highest BCUT2D eigenvalue weighted by atomic mass is 32.2. The summed E-state index contributed by atoms with van der Waals surface area (Å²) < 4.78 is 0. The predicted octanol–water partition coefficient (Wildman–Crippen LogP) is 2.21. The zero-order valence-corrected chi connectivity index (χ0v) is 14.7. The van der Waals surface area contributed by atoms with Gasteiger partial charge in [-0.25, -0.2) is 9.97 Å². The van der Waals surface area contributed by atoms with Gasteiger partial charge in [0.2, 0.25) is 5.91 Å². The summed E-state index contributed by atoms with van der Waals surface area (Å²) in [7, 11) is 0. The van der Waals surface area contributed by atoms with Crippen molar-refractivity contribution in [1.82, 2.24) is 20.8 Å². The molecule has 0 spiro atoms. The number of hydrogen-bond acceptors (Lipinski definition) is 5. The van der Waals surface area contributed by atoms with Crippen LogP contribution in [-0.4, -0.2) is 28.0 Å². The fourth-order valence-electron chi connectivity index (χ4n) is 2.25. The van der Waals surface area contributed by atoms with Gasteiger partial charge in [-0.2, -0.15) is 0 Å². The second-order valence-electron chi connectivity index (χ2n) is 5.23. The van der Waals surface area contributed by atoms with Gasteiger partial charge in [-0.3, -0.25) is 20.4 Å². The summed E-state index contributed by atoms with van der Waals surface area (Å²) in [6, 6.07) is 8.71. The Labute approximate surface area is 145 Å². The fourth-order valence-corrected chi connectivity index (χ4v) is 2.71. The molecule has 2 amide bonds. The standard InChI is InChI=1S/C17H20N4O2S/c1-11-14(12(2)19-17(18-11)24-3)9-10-15(22)20-21-16(23)13-7-5-4-6-8-13/h4-8H,9-10H2,1-3H3,(H,20,22)(H,21,23). The van der Waals surface area contributed by atoms with E-state index in [4.69, 9.17) is 0 Å². The molecule has 1 heterocycles. The molecular weight excluding hydrogens is 324 g/mol. The van der Waals surface area contributed by atoms with E-state index in [9.17, 15) is 9.59 Å². The maximum absolute atomic E-state index is 11.9. The number of thioether (sulfide) groups is 1. The van der Waals surface area contributed by atoms with Crippen LogP contribution in [0.25, 0.3) is 0 Å². The van der Waals surface area contributed by atoms with Crippen LogP contribution in [0.1, 0.15) is 33.7 Å². The quantitative estimate of drug-likeness (QED) is 0.493. The molecule has 1 aromatic heterocycles. The van der Waals surface area contributed by atoms with E-state index in [2.05, 4.69) is 20.8 Å². The van der Waals surface area contributed by atoms with Crippen LogP contribution in [0.2, 0.25) is 0 Å². The molecule has 24 heavy (non-hydrogen) atoms. The highest BCUT2D eigenvalue weighted by Crippen LogP contribution is 2.16. The number of aryl methyl sites for hydroxylation is 2. The van der Waals surface area contributed by atoms with E-state index in [0.29, 0.717) is 12.0 Å². The van der Waals surface area contributed by atoms with E-state index >= 15 is 0 Å². The average molecular weight is 344 g/mol. The van der Waals surface area contributed by atoms with E-state index in [1.807, 2.05) is 26.2 Å². The summed E-state index contributed by atoms with van der Waals surface area (Å²) >= 11 is 1.49. The van der Waals surface area contributed by atoms with Crippen molar-refractivity contribution in [1.29, 1.82) is 0 Å². The minimum atomic E-state index is -0.344. The molecule has 0 aliphatic heterocycles. The van der Waals surface area contributed by atoms with Gasteiger partial charge in [0.25, 0.3) is 5.91 Å². The number of amides is 2. The lowest BCUT2D eigenvalue weighted by molar-refractivity contribution is -0.121. The molecule has 0 aliphatic rings. The number of benzene rings is 1. The number of carbonyl (C=O) groups is 2. The summed E-state index contributed by atoms with van der Waals surface area (Å²) in [6.45, 7) is 3.83. The van der Waals surface area contributed by atoms with Gasteiger partial charge in [0.05, 0.1) is 0 Å². The minimum absolute atomic E-state index is 0.249. The van der Waals surface area contributed by atoms with Crippen LogP contribution >= 0.6 is 11.8 Å². The lowest BCUT2D eigenvalue weighted by Gasteiger charge is -2.11. The lowest BCUT2D eigenvalue weighted by Crippen LogP contribution is -2.41. The molecule has 1 aromatic carbocycles. The molecule has 7 heteroatoms. The number of nitrogens with one attached hydrogen (secondary N) is 2. The number of hydrogen-bond donors (Lipinski definition) is 2. The van der Waals surface area contributed by atoms with Crippen molar-refractivity contribution >= 4 is 23.6 Å². The van der Waals surface area contributed by atoms with Gasteiger partial charge in [0, 0.05) is 23.4 Å². The maximum atomic E-state index is 11.9. The average Bonchev–Trinajstić information content (AvgIpc) is 2.59. The largest absolute Gasteiger partial charge is 0.273 e. The summed E-state index contributed by atoms with van der Waals surface area (Å²) in [5.41, 5.74) is 8.06. The van der Waals surface area contributed by atoms with Crippen molar-refractivity contribution in [2.45, 2.75) is 31.8 Å². The van der Waals surface area contributed by atoms with Crippen molar-refractivity contribution in [3.05, 3.63) is 52.8 Å². The Morgan fingerprint density at radius 1 is 1.04 bits per heavy atom. The van der Waals surface area contributed by atoms with Crippen LogP contribution in [0.3, 0.4) is 0 Å². The number of nitrogens with zero attached hydrogens (tertiary/aromatic N) is 2. The van der Waals surface area contributed by atoms with Gasteiger partial charge < -0.3 is 0 Å². The summed E-state index contributed by atoms with van der Waals surface area (Å²) in [5, 5.41) is 0.730. The molecule has 6 nitrogen and oxygen atoms in total. The van der Waals surface area contributed by atoms with Crippen molar-refractivity contribution in [2.75, 3.05) is 6.26 Å². The Balaban J connectivity index is 1.87. The topological polar surface area (TPSA) is 84.0 Å². The fraction of sp³-hybridized carbons (Fsp3) is 0.294. The van der Waals surface area contributed by atoms with Crippen molar-refractivity contribution < 1.29 is 9.59 Å². The van der Waals surface area contributed by atoms with Crippen LogP contribution in [0, 0.1) is 13.8 Å². The van der Waals surface area contributed by atoms with E-state index in [1.165, 1.54) is 11.8 Å². The third-order valence-corrected chi connectivity index (χ3v) is 4.08. The van der Waals surface area contributed by atoms with E-state index in [-0.39, 0.29) is 18.2 Å². The van der Waals surface area contributed by atoms with Crippen LogP contribution in [0.4, 0.5) is 0 Å². The Bertz CT molecular complexity index is 712. The first-order chi connectivity index (χ1) is 11.5. The first-order valence-electron chi connectivity index (χ1n) is 7.53. The van der Waals surface area contributed by atoms with Crippen LogP contribution in [0.5, 0.6) is 0 Å². The second kappa shape index (κ2) is 8.44. The maximum Gasteiger partial charge on any atom is 0.269 e. The van der Waals surface area contributed by atoms with Crippen molar-refractivity contribution in [3.8, 4) is 0 Å². The molecular formula is C17H20N4O2S. The van der Waals surface area contributed by atoms with E-state index in [1.54, 1.807) is 24.3 Å². The monoisotopic (exact) mass is 344 g/mol. The molecule has 0 radical (unpaired) electrons. The number of hydrazine groups is 1. The van der Waals surface area contributed by atoms with Gasteiger partial charge in [-0.15, -0.1) is 0 Å². The molecule has 0 bridgehead atoms. The Morgan fingerprint density at radius 2 is 1.67 bits per heavy atom. The molecule has 0 saturated carbocycles. The minimum Gasteiger partial charge on any atom is -0.273 e. The SMILES string of the molecule is CSc1nc(C)c(CCC(=O)NNC(=O)c2ccccc2)c(C)n1. The molecule has 2 N–H and O–H groups in total. The summed E-state index contributed by atoms with van der Waals surface area (Å²) in [6.07, 6.45) is 2.70. The molecule has 0 saturated heterocycles. The zero-order chi connectivity index (χ0) is 17.5. The number of carbonyl (C=O) groups excluding carboxylic acids is 2. The number of aromatic nitrogens is 2. The molecule has 126 valence electrons. The summed E-state index contributed by atoms with van der Waals surface area (Å²) in [5.74, 6) is -0.601. The van der Waals surface area contributed by atoms with E-state index < -0.39 is 0 Å². The summed E-state index contributed by atoms with van der Waals surface area (Å²) in [4.78, 5) is 32.6. The third kappa shape index (κ3) is 4.79. The van der Waals surface area contributed by atoms with Crippen LogP contribution in [-0.2, 0) is 11.2 Å². The Hall–Kier alpha value is -2.41. The Kier molecular flexibility index (Phi) is 6.31. The second-order valence-corrected chi connectivity index (χ2v) is 6.00. The van der Waals surface area contributed by atoms with Crippen molar-refractivity contribution in [2.24, 2.45) is 0 Å². The first-order valence-corrected chi connectivity index (χ1v) is 8.76. The van der Waals surface area contributed by atoms with Gasteiger partial charge in [0.1, 0.15) is 0 Å². The third-order valence-electron chi connectivity index (χ3n) is 3.54. The molecule has 2 aromatic rings. The molecule has 0 atom stereocenters. The van der Waals surface area contributed by atoms with Gasteiger partial charge >= 0.3 is 0 Å². The van der Waals surface area contributed by atoms with Crippen molar-refractivity contribution in [3.63, 3.8) is 0 Å². The van der Waals surface area contributed by atoms with E-state index in [0.717, 1.165) is 22.1 Å². The highest BCUT2D eigenvalue weighted by molar-refractivity contribution is 7.98. The van der Waals surface area contributed by atoms with Gasteiger partial charge in [-0.05, 0) is 44.2 Å². The van der Waals surface area contributed by atoms with Gasteiger partial charge in [0.15, 0.2) is 5.16 Å². The molecule has 0 aliphatic carbocycles.